The van der Waals surface area contributed by atoms with E-state index in [1.807, 2.05) is 109 Å². The number of fused-ring (bicyclic) bond motifs is 14. The van der Waals surface area contributed by atoms with Crippen molar-refractivity contribution in [1.82, 2.24) is 24.1 Å². The molecule has 0 aliphatic heterocycles. The Morgan fingerprint density at radius 1 is 0.333 bits per heavy atom. The largest absolute Gasteiger partial charge is 0.455 e. The molecule has 0 radical (unpaired) electrons. The normalized spacial score (nSPS) is 11.8. The van der Waals surface area contributed by atoms with Gasteiger partial charge in [-0.15, -0.1) is 0 Å². The molecule has 78 heavy (non-hydrogen) atoms. The van der Waals surface area contributed by atoms with Crippen molar-refractivity contribution in [2.24, 2.45) is 0 Å². The minimum Gasteiger partial charge on any atom is -0.455 e. The molecule has 0 spiro atoms. The molecular formula is C70H40N6O2. The van der Waals surface area contributed by atoms with Crippen LogP contribution in [-0.4, -0.2) is 24.1 Å². The van der Waals surface area contributed by atoms with Crippen molar-refractivity contribution in [1.29, 1.82) is 5.26 Å². The first-order chi connectivity index (χ1) is 38.7. The first-order valence-corrected chi connectivity index (χ1v) is 26.0. The van der Waals surface area contributed by atoms with Crippen LogP contribution in [0.4, 0.5) is 0 Å². The Morgan fingerprint density at radius 3 is 1.41 bits per heavy atom. The van der Waals surface area contributed by atoms with E-state index in [2.05, 4.69) is 149 Å². The topological polar surface area (TPSA) is 98.6 Å². The van der Waals surface area contributed by atoms with Crippen LogP contribution in [0, 0.1) is 11.3 Å². The third-order valence-electron chi connectivity index (χ3n) is 15.5. The maximum Gasteiger partial charge on any atom is 0.166 e. The molecule has 0 amide bonds. The first-order valence-electron chi connectivity index (χ1n) is 26.0. The van der Waals surface area contributed by atoms with Crippen LogP contribution in [0.15, 0.2) is 251 Å². The van der Waals surface area contributed by atoms with Gasteiger partial charge in [0.15, 0.2) is 17.5 Å². The lowest BCUT2D eigenvalue weighted by atomic mass is 9.91. The second kappa shape index (κ2) is 17.1. The fourth-order valence-electron chi connectivity index (χ4n) is 12.0. The molecule has 8 nitrogen and oxygen atoms in total. The zero-order valence-corrected chi connectivity index (χ0v) is 41.6. The van der Waals surface area contributed by atoms with Crippen molar-refractivity contribution in [2.45, 2.75) is 0 Å². The summed E-state index contributed by atoms with van der Waals surface area (Å²) in [5.41, 5.74) is 15.6. The van der Waals surface area contributed by atoms with E-state index in [4.69, 9.17) is 23.8 Å². The van der Waals surface area contributed by atoms with Crippen molar-refractivity contribution in [3.8, 4) is 73.9 Å². The molecule has 0 saturated heterocycles. The van der Waals surface area contributed by atoms with Gasteiger partial charge in [-0.3, -0.25) is 0 Å². The van der Waals surface area contributed by atoms with E-state index in [9.17, 15) is 5.26 Å². The van der Waals surface area contributed by atoms with Crippen LogP contribution in [-0.2, 0) is 0 Å². The van der Waals surface area contributed by atoms with Crippen molar-refractivity contribution >= 4 is 87.5 Å². The molecule has 0 fully saturated rings. The van der Waals surface area contributed by atoms with Gasteiger partial charge in [-0.1, -0.05) is 170 Å². The highest BCUT2D eigenvalue weighted by Crippen LogP contribution is 2.48. The van der Waals surface area contributed by atoms with E-state index in [-0.39, 0.29) is 0 Å². The van der Waals surface area contributed by atoms with E-state index < -0.39 is 0 Å². The third-order valence-corrected chi connectivity index (χ3v) is 15.5. The lowest BCUT2D eigenvalue weighted by molar-refractivity contribution is 0.672. The molecule has 362 valence electrons. The summed E-state index contributed by atoms with van der Waals surface area (Å²) in [5.74, 6) is 1.57. The van der Waals surface area contributed by atoms with Gasteiger partial charge in [0, 0.05) is 49.0 Å². The first kappa shape index (κ1) is 43.5. The predicted molar refractivity (Wildman–Crippen MR) is 315 cm³/mol. The number of hydrogen-bond donors (Lipinski definition) is 0. The standard InChI is InChI=1S/C70H40N6O2/c71-41-45-22-7-8-23-46(45)44-34-37-57(75-55-29-13-9-26-52(55)63-59(75)38-35-50-47-24-11-15-32-61(47)77-66(50)63)54(40-44)49-28-17-31-58(65(49)70-73-68(42-18-3-1-4-19-42)72-69(74-70)43-20-5-2-6-21-43)76-56-30-14-10-27-53(56)64-60(76)39-36-51-48-25-12-16-33-62(48)78-67(51)64/h1-40H. The number of aromatic nitrogens is 5. The van der Waals surface area contributed by atoms with E-state index in [0.29, 0.717) is 23.0 Å². The summed E-state index contributed by atoms with van der Waals surface area (Å²) in [4.78, 5) is 16.3. The number of hydrogen-bond acceptors (Lipinski definition) is 6. The fourth-order valence-corrected chi connectivity index (χ4v) is 12.0. The smallest absolute Gasteiger partial charge is 0.166 e. The number of furan rings is 2. The third kappa shape index (κ3) is 6.49. The molecule has 0 N–H and O–H groups in total. The summed E-state index contributed by atoms with van der Waals surface area (Å²) in [7, 11) is 0. The minimum atomic E-state index is 0.490. The Bertz CT molecular complexity index is 5120. The second-order valence-electron chi connectivity index (χ2n) is 19.7. The van der Waals surface area contributed by atoms with Crippen LogP contribution in [0.25, 0.3) is 155 Å². The minimum absolute atomic E-state index is 0.490. The molecule has 0 atom stereocenters. The monoisotopic (exact) mass is 996 g/mol. The SMILES string of the molecule is N#Cc1ccccc1-c1ccc(-n2c3ccccc3c3c4oc5ccccc5c4ccc32)c(-c2cccc(-n3c4ccccc4c4c5oc6ccccc6c5ccc43)c2-c2nc(-c3ccccc3)nc(-c3ccccc3)n2)c1. The molecule has 0 bridgehead atoms. The molecular weight excluding hydrogens is 957 g/mol. The van der Waals surface area contributed by atoms with Crippen LogP contribution in [0.2, 0.25) is 0 Å². The molecule has 16 aromatic rings. The summed E-state index contributed by atoms with van der Waals surface area (Å²) in [6.07, 6.45) is 0. The van der Waals surface area contributed by atoms with Gasteiger partial charge in [-0.2, -0.15) is 5.26 Å². The fraction of sp³-hybridized carbons (Fsp3) is 0. The van der Waals surface area contributed by atoms with Gasteiger partial charge in [-0.25, -0.2) is 15.0 Å². The molecule has 0 aliphatic carbocycles. The van der Waals surface area contributed by atoms with Gasteiger partial charge in [0.2, 0.25) is 0 Å². The summed E-state index contributed by atoms with van der Waals surface area (Å²) in [5, 5.41) is 19.0. The van der Waals surface area contributed by atoms with E-state index in [1.54, 1.807) is 0 Å². The van der Waals surface area contributed by atoms with Gasteiger partial charge in [0.1, 0.15) is 22.3 Å². The summed E-state index contributed by atoms with van der Waals surface area (Å²) < 4.78 is 18.3. The number of rotatable bonds is 7. The van der Waals surface area contributed by atoms with Gasteiger partial charge >= 0.3 is 0 Å². The van der Waals surface area contributed by atoms with Crippen molar-refractivity contribution in [3.63, 3.8) is 0 Å². The highest BCUT2D eigenvalue weighted by molar-refractivity contribution is 6.25. The van der Waals surface area contributed by atoms with Crippen LogP contribution < -0.4 is 0 Å². The maximum absolute atomic E-state index is 10.6. The lowest BCUT2D eigenvalue weighted by Crippen LogP contribution is -2.06. The van der Waals surface area contributed by atoms with Crippen molar-refractivity contribution < 1.29 is 8.83 Å². The van der Waals surface area contributed by atoms with Gasteiger partial charge in [0.25, 0.3) is 0 Å². The molecule has 0 aliphatic rings. The summed E-state index contributed by atoms with van der Waals surface area (Å²) in [6.45, 7) is 0. The summed E-state index contributed by atoms with van der Waals surface area (Å²) >= 11 is 0. The summed E-state index contributed by atoms with van der Waals surface area (Å²) in [6, 6.07) is 86.0. The van der Waals surface area contributed by atoms with Crippen LogP contribution in [0.3, 0.4) is 0 Å². The number of nitriles is 1. The van der Waals surface area contributed by atoms with Crippen LogP contribution in [0.5, 0.6) is 0 Å². The molecule has 0 unspecified atom stereocenters. The highest BCUT2D eigenvalue weighted by Gasteiger charge is 2.28. The predicted octanol–water partition coefficient (Wildman–Crippen LogP) is 18.1. The van der Waals surface area contributed by atoms with Gasteiger partial charge in [-0.05, 0) is 89.5 Å². The Hall–Kier alpha value is -10.9. The Morgan fingerprint density at radius 2 is 0.821 bits per heavy atom. The molecule has 5 heterocycles. The molecule has 5 aromatic heterocycles. The van der Waals surface area contributed by atoms with Crippen molar-refractivity contribution in [3.05, 3.63) is 248 Å². The maximum atomic E-state index is 10.6. The van der Waals surface area contributed by atoms with Gasteiger partial charge in [0.05, 0.1) is 61.4 Å². The van der Waals surface area contributed by atoms with E-state index in [0.717, 1.165) is 138 Å². The number of para-hydroxylation sites is 4. The molecule has 0 saturated carbocycles. The van der Waals surface area contributed by atoms with Crippen LogP contribution in [0.1, 0.15) is 5.56 Å². The Balaban J connectivity index is 1.07. The average molecular weight is 997 g/mol. The van der Waals surface area contributed by atoms with E-state index in [1.165, 1.54) is 0 Å². The molecule has 16 rings (SSSR count). The Labute approximate surface area is 445 Å². The zero-order chi connectivity index (χ0) is 51.4. The highest BCUT2D eigenvalue weighted by atomic mass is 16.3. The van der Waals surface area contributed by atoms with Gasteiger partial charge < -0.3 is 18.0 Å². The lowest BCUT2D eigenvalue weighted by Gasteiger charge is -2.21. The second-order valence-corrected chi connectivity index (χ2v) is 19.7. The average Bonchev–Trinajstić information content (AvgIpc) is 4.46. The van der Waals surface area contributed by atoms with Crippen LogP contribution >= 0.6 is 0 Å². The quantitative estimate of drug-likeness (QED) is 0.158. The van der Waals surface area contributed by atoms with Crippen molar-refractivity contribution in [2.75, 3.05) is 0 Å². The Kier molecular flexibility index (Phi) is 9.53. The molecule has 8 heteroatoms. The number of benzene rings is 11. The zero-order valence-electron chi connectivity index (χ0n) is 41.6. The molecule has 11 aromatic carbocycles. The number of nitrogens with zero attached hydrogens (tertiary/aromatic N) is 6. The van der Waals surface area contributed by atoms with E-state index >= 15 is 0 Å².